The number of alkyl halides is 1. The molecular weight excluding hydrogens is 452 g/mol. The Balaban J connectivity index is 1.60. The quantitative estimate of drug-likeness (QED) is 0.196. The zero-order valence-electron chi connectivity index (χ0n) is 24.1. The normalized spacial score (nSPS) is 41.3. The second-order valence-electron chi connectivity index (χ2n) is 14.6. The summed E-state index contributed by atoms with van der Waals surface area (Å²) in [4.78, 5) is 12.1. The first-order chi connectivity index (χ1) is 16.3. The van der Waals surface area contributed by atoms with Gasteiger partial charge in [-0.2, -0.15) is 0 Å². The average molecular weight is 505 g/mol. The number of halogens is 1. The Bertz CT molecular complexity index is 843. The number of rotatable bonds is 7. The highest BCUT2D eigenvalue weighted by molar-refractivity contribution is 6.26. The summed E-state index contributed by atoms with van der Waals surface area (Å²) in [7, 11) is 0. The summed E-state index contributed by atoms with van der Waals surface area (Å²) in [5.74, 6) is 2.78. The molecule has 2 saturated carbocycles. The van der Waals surface area contributed by atoms with Gasteiger partial charge in [0.1, 0.15) is 12.0 Å². The third kappa shape index (κ3) is 4.34. The van der Waals surface area contributed by atoms with Gasteiger partial charge in [-0.3, -0.25) is 4.79 Å². The molecule has 0 saturated heterocycles. The van der Waals surface area contributed by atoms with Gasteiger partial charge in [0, 0.05) is 5.41 Å². The van der Waals surface area contributed by atoms with Gasteiger partial charge >= 0.3 is 5.97 Å². The molecule has 0 aliphatic heterocycles. The third-order valence-electron chi connectivity index (χ3n) is 12.3. The topological polar surface area (TPSA) is 26.3 Å². The first kappa shape index (κ1) is 27.5. The van der Waals surface area contributed by atoms with E-state index in [-0.39, 0.29) is 28.8 Å². The Labute approximate surface area is 221 Å². The molecule has 0 heterocycles. The fourth-order valence-electron chi connectivity index (χ4n) is 10.1. The molecule has 0 spiro atoms. The van der Waals surface area contributed by atoms with Crippen molar-refractivity contribution < 1.29 is 9.53 Å². The third-order valence-corrected chi connectivity index (χ3v) is 12.5. The van der Waals surface area contributed by atoms with Crippen molar-refractivity contribution in [3.05, 3.63) is 11.1 Å². The van der Waals surface area contributed by atoms with Crippen molar-refractivity contribution in [1.82, 2.24) is 0 Å². The van der Waals surface area contributed by atoms with E-state index < -0.39 is 0 Å². The zero-order valence-corrected chi connectivity index (χ0v) is 24.8. The molecular formula is C32H53ClO2. The van der Waals surface area contributed by atoms with E-state index in [4.69, 9.17) is 16.3 Å². The van der Waals surface area contributed by atoms with Gasteiger partial charge in [0.25, 0.3) is 0 Å². The molecule has 2 nitrogen and oxygen atoms in total. The summed E-state index contributed by atoms with van der Waals surface area (Å²) in [6.07, 6.45) is 14.2. The number of ether oxygens (including phenoxy) is 1. The molecule has 0 N–H and O–H groups in total. The van der Waals surface area contributed by atoms with E-state index in [1.54, 1.807) is 0 Å². The van der Waals surface area contributed by atoms with E-state index in [9.17, 15) is 4.79 Å². The van der Waals surface area contributed by atoms with Gasteiger partial charge in [-0.1, -0.05) is 85.8 Å². The summed E-state index contributed by atoms with van der Waals surface area (Å²) in [5.41, 5.74) is 4.70. The molecule has 7 atom stereocenters. The van der Waals surface area contributed by atoms with Crippen LogP contribution in [0.4, 0.5) is 0 Å². The number of allylic oxidation sites excluding steroid dienone is 2. The fraction of sp³-hybridized carbons (Fsp3) is 0.906. The zero-order chi connectivity index (χ0) is 25.8. The van der Waals surface area contributed by atoms with Crippen molar-refractivity contribution in [2.45, 2.75) is 132 Å². The predicted octanol–water partition coefficient (Wildman–Crippen LogP) is 9.35. The predicted molar refractivity (Wildman–Crippen MR) is 147 cm³/mol. The van der Waals surface area contributed by atoms with Gasteiger partial charge in [-0.05, 0) is 91.3 Å². The lowest BCUT2D eigenvalue weighted by Crippen LogP contribution is -2.55. The molecule has 0 radical (unpaired) electrons. The number of esters is 1. The SMILES string of the molecule is CC(C)CCC[C@@H](C)[C@H]1CC[C@@]2(C)C3=C(CC[C@]12C)[C@@]1(C)CC[C@H](OC(=O)CCl)C(C)(C)C1CC3. The van der Waals surface area contributed by atoms with Crippen LogP contribution in [0.3, 0.4) is 0 Å². The lowest BCUT2D eigenvalue weighted by atomic mass is 9.43. The van der Waals surface area contributed by atoms with Crippen LogP contribution in [0.15, 0.2) is 11.1 Å². The number of fused-ring (bicyclic) bond motifs is 4. The molecule has 0 aromatic heterocycles. The largest absolute Gasteiger partial charge is 0.461 e. The van der Waals surface area contributed by atoms with E-state index in [0.717, 1.165) is 30.6 Å². The van der Waals surface area contributed by atoms with E-state index in [0.29, 0.717) is 16.7 Å². The summed E-state index contributed by atoms with van der Waals surface area (Å²) in [5, 5.41) is 0. The number of carbonyl (C=O) groups is 1. The van der Waals surface area contributed by atoms with Gasteiger partial charge in [0.2, 0.25) is 0 Å². The monoisotopic (exact) mass is 504 g/mol. The van der Waals surface area contributed by atoms with Crippen molar-refractivity contribution in [3.8, 4) is 0 Å². The molecule has 0 bridgehead atoms. The maximum Gasteiger partial charge on any atom is 0.321 e. The lowest BCUT2D eigenvalue weighted by Gasteiger charge is -2.62. The molecule has 1 unspecified atom stereocenters. The Morgan fingerprint density at radius 2 is 1.66 bits per heavy atom. The summed E-state index contributed by atoms with van der Waals surface area (Å²) in [6.45, 7) is 19.9. The molecule has 0 aromatic carbocycles. The van der Waals surface area contributed by atoms with E-state index in [2.05, 4.69) is 55.4 Å². The van der Waals surface area contributed by atoms with E-state index in [1.165, 1.54) is 57.8 Å². The van der Waals surface area contributed by atoms with Crippen molar-refractivity contribution in [2.75, 3.05) is 5.88 Å². The van der Waals surface area contributed by atoms with Crippen molar-refractivity contribution in [1.29, 1.82) is 0 Å². The minimum absolute atomic E-state index is 0.0130. The minimum Gasteiger partial charge on any atom is -0.461 e. The van der Waals surface area contributed by atoms with E-state index >= 15 is 0 Å². The molecule has 4 aliphatic rings. The Kier molecular flexibility index (Phi) is 7.60. The first-order valence-corrected chi connectivity index (χ1v) is 15.3. The highest BCUT2D eigenvalue weighted by Crippen LogP contribution is 2.72. The molecule has 0 aromatic rings. The van der Waals surface area contributed by atoms with Crippen LogP contribution in [-0.2, 0) is 9.53 Å². The molecule has 35 heavy (non-hydrogen) atoms. The molecule has 4 aliphatic carbocycles. The van der Waals surface area contributed by atoms with Crippen LogP contribution in [0.5, 0.6) is 0 Å². The number of hydrogen-bond acceptors (Lipinski definition) is 2. The summed E-state index contributed by atoms with van der Waals surface area (Å²) < 4.78 is 5.89. The summed E-state index contributed by atoms with van der Waals surface area (Å²) in [6, 6.07) is 0. The van der Waals surface area contributed by atoms with Crippen LogP contribution in [0.2, 0.25) is 0 Å². The van der Waals surface area contributed by atoms with Crippen molar-refractivity contribution in [3.63, 3.8) is 0 Å². The first-order valence-electron chi connectivity index (χ1n) is 14.8. The fourth-order valence-corrected chi connectivity index (χ4v) is 10.1. The second kappa shape index (κ2) is 9.67. The van der Waals surface area contributed by atoms with Crippen LogP contribution < -0.4 is 0 Å². The highest BCUT2D eigenvalue weighted by atomic mass is 35.5. The Hall–Kier alpha value is -0.500. The highest BCUT2D eigenvalue weighted by Gasteiger charge is 2.63. The average Bonchev–Trinajstić information content (AvgIpc) is 3.06. The molecule has 3 heteroatoms. The molecule has 2 fully saturated rings. The molecule has 200 valence electrons. The standard InChI is InChI=1S/C32H53ClO2/c1-21(2)10-9-11-22(3)23-14-18-32(8)25-12-13-26-29(4,5)27(35-28(34)20-33)16-17-30(26,6)24(25)15-19-31(23,32)7/h21-23,26-27H,9-20H2,1-8H3/t22-,23-,26?,27+,30-,31-,32+/m1/s1. The molecule has 0 amide bonds. The van der Waals surface area contributed by atoms with Crippen molar-refractivity contribution >= 4 is 17.6 Å². The summed E-state index contributed by atoms with van der Waals surface area (Å²) >= 11 is 5.79. The minimum atomic E-state index is -0.260. The van der Waals surface area contributed by atoms with Gasteiger partial charge < -0.3 is 4.74 Å². The van der Waals surface area contributed by atoms with Crippen LogP contribution >= 0.6 is 11.6 Å². The molecule has 4 rings (SSSR count). The maximum atomic E-state index is 12.1. The lowest BCUT2D eigenvalue weighted by molar-refractivity contribution is -0.166. The Morgan fingerprint density at radius 3 is 2.31 bits per heavy atom. The van der Waals surface area contributed by atoms with Crippen LogP contribution in [-0.4, -0.2) is 18.0 Å². The van der Waals surface area contributed by atoms with Gasteiger partial charge in [-0.15, -0.1) is 11.6 Å². The maximum absolute atomic E-state index is 12.1. The van der Waals surface area contributed by atoms with Gasteiger partial charge in [-0.25, -0.2) is 0 Å². The van der Waals surface area contributed by atoms with Crippen LogP contribution in [0.25, 0.3) is 0 Å². The smallest absolute Gasteiger partial charge is 0.321 e. The van der Waals surface area contributed by atoms with Gasteiger partial charge in [0.05, 0.1) is 0 Å². The second-order valence-corrected chi connectivity index (χ2v) is 14.9. The van der Waals surface area contributed by atoms with E-state index in [1.807, 2.05) is 11.1 Å². The van der Waals surface area contributed by atoms with Crippen molar-refractivity contribution in [2.24, 2.45) is 45.3 Å². The number of carbonyl (C=O) groups excluding carboxylic acids is 1. The Morgan fingerprint density at radius 1 is 0.943 bits per heavy atom. The van der Waals surface area contributed by atoms with Crippen LogP contribution in [0, 0.1) is 45.3 Å². The van der Waals surface area contributed by atoms with Crippen LogP contribution in [0.1, 0.15) is 126 Å². The van der Waals surface area contributed by atoms with Gasteiger partial charge in [0.15, 0.2) is 0 Å². The number of hydrogen-bond donors (Lipinski definition) is 0.